The zero-order valence-corrected chi connectivity index (χ0v) is 19.5. The first-order valence-corrected chi connectivity index (χ1v) is 9.09. The van der Waals surface area contributed by atoms with E-state index < -0.39 is 0 Å². The fraction of sp³-hybridized carbons (Fsp3) is 0.450. The number of hydrogen-bond donors (Lipinski definition) is 2. The minimum Gasteiger partial charge on any atom is -0.444 e. The second-order valence-corrected chi connectivity index (χ2v) is 7.33. The molecule has 8 heteroatoms. The third kappa shape index (κ3) is 7.87. The molecule has 0 aliphatic carbocycles. The molecule has 0 bridgehead atoms. The monoisotopic (exact) mass is 499 g/mol. The summed E-state index contributed by atoms with van der Waals surface area (Å²) in [6, 6.07) is 9.73. The first-order chi connectivity index (χ1) is 12.8. The second-order valence-electron chi connectivity index (χ2n) is 7.33. The van der Waals surface area contributed by atoms with Crippen LogP contribution in [0.1, 0.15) is 33.4 Å². The van der Waals surface area contributed by atoms with E-state index in [0.717, 1.165) is 11.3 Å². The van der Waals surface area contributed by atoms with Crippen LogP contribution in [-0.4, -0.2) is 47.4 Å². The van der Waals surface area contributed by atoms with Crippen LogP contribution in [0.4, 0.5) is 0 Å². The van der Waals surface area contributed by atoms with Gasteiger partial charge >= 0.3 is 0 Å². The maximum absolute atomic E-state index is 12.1. The Morgan fingerprint density at radius 1 is 1.25 bits per heavy atom. The standard InChI is InChI=1S/C20H29N5O2.HI/c1-6-21-19(25(5)13-17(26)24-20(2,3)4)22-12-16-14-27-18(23-16)15-10-8-7-9-11-15;/h7-11,14H,6,12-13H2,1-5H3,(H,21,22)(H,24,26);1H. The van der Waals surface area contributed by atoms with Crippen molar-refractivity contribution >= 4 is 35.8 Å². The first-order valence-electron chi connectivity index (χ1n) is 9.09. The number of rotatable bonds is 6. The van der Waals surface area contributed by atoms with Crippen molar-refractivity contribution in [3.8, 4) is 11.5 Å². The molecule has 28 heavy (non-hydrogen) atoms. The fourth-order valence-electron chi connectivity index (χ4n) is 2.47. The van der Waals surface area contributed by atoms with E-state index >= 15 is 0 Å². The topological polar surface area (TPSA) is 82.8 Å². The summed E-state index contributed by atoms with van der Waals surface area (Å²) in [7, 11) is 1.84. The van der Waals surface area contributed by atoms with Gasteiger partial charge in [-0.2, -0.15) is 0 Å². The predicted octanol–water partition coefficient (Wildman–Crippen LogP) is 3.27. The molecule has 0 saturated carbocycles. The molecule has 0 unspecified atom stereocenters. The van der Waals surface area contributed by atoms with Gasteiger partial charge in [0, 0.05) is 24.7 Å². The number of aliphatic imine (C=N–C) groups is 1. The van der Waals surface area contributed by atoms with Crippen molar-refractivity contribution in [2.45, 2.75) is 39.8 Å². The largest absolute Gasteiger partial charge is 0.444 e. The van der Waals surface area contributed by atoms with Crippen LogP contribution >= 0.6 is 24.0 Å². The van der Waals surface area contributed by atoms with Gasteiger partial charge in [-0.25, -0.2) is 9.98 Å². The average molecular weight is 499 g/mol. The van der Waals surface area contributed by atoms with Crippen LogP contribution in [0, 0.1) is 0 Å². The van der Waals surface area contributed by atoms with Crippen molar-refractivity contribution in [2.24, 2.45) is 4.99 Å². The van der Waals surface area contributed by atoms with Gasteiger partial charge in [-0.3, -0.25) is 4.79 Å². The molecular weight excluding hydrogens is 469 g/mol. The lowest BCUT2D eigenvalue weighted by atomic mass is 10.1. The van der Waals surface area contributed by atoms with Gasteiger partial charge in [0.2, 0.25) is 11.8 Å². The van der Waals surface area contributed by atoms with E-state index in [2.05, 4.69) is 20.6 Å². The lowest BCUT2D eigenvalue weighted by Crippen LogP contribution is -2.48. The molecule has 0 saturated heterocycles. The van der Waals surface area contributed by atoms with Gasteiger partial charge in [0.05, 0.1) is 13.1 Å². The number of benzene rings is 1. The molecule has 2 aromatic rings. The molecular formula is C20H30IN5O2. The van der Waals surface area contributed by atoms with Crippen molar-refractivity contribution in [1.82, 2.24) is 20.5 Å². The average Bonchev–Trinajstić information content (AvgIpc) is 3.06. The number of amides is 1. The third-order valence-electron chi connectivity index (χ3n) is 3.55. The van der Waals surface area contributed by atoms with Crippen LogP contribution in [0.25, 0.3) is 11.5 Å². The van der Waals surface area contributed by atoms with Gasteiger partial charge in [0.25, 0.3) is 0 Å². The van der Waals surface area contributed by atoms with Crippen molar-refractivity contribution < 1.29 is 9.21 Å². The molecule has 0 fully saturated rings. The van der Waals surface area contributed by atoms with E-state index in [0.29, 0.717) is 24.9 Å². The van der Waals surface area contributed by atoms with Gasteiger partial charge in [-0.15, -0.1) is 24.0 Å². The van der Waals surface area contributed by atoms with Gasteiger partial charge in [0.15, 0.2) is 5.96 Å². The molecule has 0 aliphatic rings. The van der Waals surface area contributed by atoms with Crippen LogP contribution in [0.3, 0.4) is 0 Å². The number of carbonyl (C=O) groups is 1. The SMILES string of the molecule is CCNC(=NCc1coc(-c2ccccc2)n1)N(C)CC(=O)NC(C)(C)C.I. The van der Waals surface area contributed by atoms with Crippen molar-refractivity contribution in [2.75, 3.05) is 20.1 Å². The van der Waals surface area contributed by atoms with Gasteiger partial charge < -0.3 is 20.0 Å². The lowest BCUT2D eigenvalue weighted by molar-refractivity contribution is -0.122. The molecule has 1 amide bonds. The normalized spacial score (nSPS) is 11.5. The summed E-state index contributed by atoms with van der Waals surface area (Å²) in [5.74, 6) is 1.16. The Hall–Kier alpha value is -2.10. The van der Waals surface area contributed by atoms with E-state index in [1.165, 1.54) is 0 Å². The van der Waals surface area contributed by atoms with Crippen LogP contribution in [-0.2, 0) is 11.3 Å². The number of likely N-dealkylation sites (N-methyl/N-ethyl adjacent to an activating group) is 1. The number of carbonyl (C=O) groups excluding carboxylic acids is 1. The molecule has 2 N–H and O–H groups in total. The van der Waals surface area contributed by atoms with Crippen molar-refractivity contribution in [3.63, 3.8) is 0 Å². The summed E-state index contributed by atoms with van der Waals surface area (Å²) in [6.45, 7) is 9.15. The maximum atomic E-state index is 12.1. The zero-order valence-electron chi connectivity index (χ0n) is 17.2. The molecule has 1 heterocycles. The first kappa shape index (κ1) is 23.9. The minimum atomic E-state index is -0.262. The molecule has 7 nitrogen and oxygen atoms in total. The Bertz CT molecular complexity index is 768. The third-order valence-corrected chi connectivity index (χ3v) is 3.55. The number of guanidine groups is 1. The van der Waals surface area contributed by atoms with E-state index in [1.807, 2.05) is 65.1 Å². The highest BCUT2D eigenvalue weighted by Crippen LogP contribution is 2.18. The zero-order chi connectivity index (χ0) is 19.9. The summed E-state index contributed by atoms with van der Waals surface area (Å²) in [5.41, 5.74) is 1.40. The van der Waals surface area contributed by atoms with E-state index in [-0.39, 0.29) is 42.0 Å². The highest BCUT2D eigenvalue weighted by atomic mass is 127. The summed E-state index contributed by atoms with van der Waals surface area (Å²) in [6.07, 6.45) is 1.61. The van der Waals surface area contributed by atoms with Crippen LogP contribution < -0.4 is 10.6 Å². The van der Waals surface area contributed by atoms with Crippen LogP contribution in [0.15, 0.2) is 46.0 Å². The van der Waals surface area contributed by atoms with E-state index in [4.69, 9.17) is 4.42 Å². The number of nitrogens with one attached hydrogen (secondary N) is 2. The number of hydrogen-bond acceptors (Lipinski definition) is 4. The Morgan fingerprint density at radius 2 is 1.93 bits per heavy atom. The van der Waals surface area contributed by atoms with E-state index in [1.54, 1.807) is 11.2 Å². The highest BCUT2D eigenvalue weighted by Gasteiger charge is 2.17. The minimum absolute atomic E-state index is 0. The molecule has 0 atom stereocenters. The highest BCUT2D eigenvalue weighted by molar-refractivity contribution is 14.0. The summed E-state index contributed by atoms with van der Waals surface area (Å²) >= 11 is 0. The lowest BCUT2D eigenvalue weighted by Gasteiger charge is -2.25. The maximum Gasteiger partial charge on any atom is 0.240 e. The molecule has 0 radical (unpaired) electrons. The number of nitrogens with zero attached hydrogens (tertiary/aromatic N) is 3. The molecule has 154 valence electrons. The Labute approximate surface area is 184 Å². The Morgan fingerprint density at radius 3 is 2.54 bits per heavy atom. The van der Waals surface area contributed by atoms with Gasteiger partial charge in [-0.05, 0) is 39.8 Å². The van der Waals surface area contributed by atoms with Crippen molar-refractivity contribution in [3.05, 3.63) is 42.3 Å². The second kappa shape index (κ2) is 11.0. The predicted molar refractivity (Wildman–Crippen MR) is 123 cm³/mol. The summed E-state index contributed by atoms with van der Waals surface area (Å²) in [4.78, 5) is 23.0. The molecule has 1 aromatic heterocycles. The van der Waals surface area contributed by atoms with Crippen LogP contribution in [0.2, 0.25) is 0 Å². The quantitative estimate of drug-likeness (QED) is 0.362. The molecule has 0 spiro atoms. The van der Waals surface area contributed by atoms with Gasteiger partial charge in [0.1, 0.15) is 12.0 Å². The fourth-order valence-corrected chi connectivity index (χ4v) is 2.47. The van der Waals surface area contributed by atoms with Crippen LogP contribution in [0.5, 0.6) is 0 Å². The molecule has 0 aliphatic heterocycles. The molecule has 2 rings (SSSR count). The van der Waals surface area contributed by atoms with Gasteiger partial charge in [-0.1, -0.05) is 18.2 Å². The van der Waals surface area contributed by atoms with Crippen molar-refractivity contribution in [1.29, 1.82) is 0 Å². The Kier molecular flexibility index (Phi) is 9.44. The molecule has 1 aromatic carbocycles. The summed E-state index contributed by atoms with van der Waals surface area (Å²) < 4.78 is 5.54. The number of halogens is 1. The Balaban J connectivity index is 0.00000392. The van der Waals surface area contributed by atoms with E-state index in [9.17, 15) is 4.79 Å². The number of oxazole rings is 1. The number of aromatic nitrogens is 1. The smallest absolute Gasteiger partial charge is 0.240 e. The summed E-state index contributed by atoms with van der Waals surface area (Å²) in [5, 5.41) is 6.15.